The lowest BCUT2D eigenvalue weighted by Crippen LogP contribution is -2.14. The van der Waals surface area contributed by atoms with E-state index >= 15 is 26.3 Å². The van der Waals surface area contributed by atoms with Crippen LogP contribution < -0.4 is 4.90 Å². The van der Waals surface area contributed by atoms with Crippen LogP contribution in [0.4, 0.5) is 43.4 Å². The lowest BCUT2D eigenvalue weighted by atomic mass is 9.83. The van der Waals surface area contributed by atoms with Crippen molar-refractivity contribution in [1.82, 2.24) is 9.13 Å². The Morgan fingerprint density at radius 1 is 0.370 bits per heavy atom. The van der Waals surface area contributed by atoms with Crippen LogP contribution in [0.2, 0.25) is 0 Å². The molecule has 0 bridgehead atoms. The van der Waals surface area contributed by atoms with E-state index in [9.17, 15) is 5.26 Å². The fraction of sp³-hybridized carbons (Fsp3) is 0.0317. The molecule has 12 aromatic rings. The minimum absolute atomic E-state index is 0.155. The highest BCUT2D eigenvalue weighted by Gasteiger charge is 2.37. The number of fused-ring (bicyclic) bond motifs is 6. The fourth-order valence-electron chi connectivity index (χ4n) is 10.5. The SMILES string of the molecule is N#Cc1c(-c2ccccc2)c(-n2c3ccccc3c3ccc(C(F)(F)F)cc32)c(-c2ccccc2N(c2ccccc2)c2ccccc2)c(-n2c3ccccc3c3ccc(C(F)(F)F)cc32)c1-c1ccccc1. The van der Waals surface area contributed by atoms with Crippen molar-refractivity contribution in [2.45, 2.75) is 12.4 Å². The number of para-hydroxylation sites is 5. The highest BCUT2D eigenvalue weighted by Crippen LogP contribution is 2.55. The summed E-state index contributed by atoms with van der Waals surface area (Å²) in [6.07, 6.45) is -9.48. The normalized spacial score (nSPS) is 12.0. The van der Waals surface area contributed by atoms with Crippen LogP contribution in [0.15, 0.2) is 231 Å². The molecular weight excluding hydrogens is 927 g/mol. The fourth-order valence-corrected chi connectivity index (χ4v) is 10.5. The number of hydrogen-bond acceptors (Lipinski definition) is 2. The van der Waals surface area contributed by atoms with Gasteiger partial charge in [0.05, 0.1) is 55.8 Å². The Morgan fingerprint density at radius 2 is 0.740 bits per heavy atom. The van der Waals surface area contributed by atoms with Gasteiger partial charge >= 0.3 is 12.4 Å². The van der Waals surface area contributed by atoms with Crippen molar-refractivity contribution in [3.05, 3.63) is 247 Å². The molecule has 0 aliphatic heterocycles. The third kappa shape index (κ3) is 7.48. The summed E-state index contributed by atoms with van der Waals surface area (Å²) in [6, 6.07) is 70.4. The van der Waals surface area contributed by atoms with E-state index in [1.165, 1.54) is 12.1 Å². The Bertz CT molecular complexity index is 3880. The molecule has 73 heavy (non-hydrogen) atoms. The van der Waals surface area contributed by atoms with E-state index in [1.54, 1.807) is 0 Å². The zero-order chi connectivity index (χ0) is 50.0. The van der Waals surface area contributed by atoms with Gasteiger partial charge in [-0.3, -0.25) is 0 Å². The first-order valence-electron chi connectivity index (χ1n) is 23.5. The van der Waals surface area contributed by atoms with E-state index in [1.807, 2.05) is 203 Å². The predicted molar refractivity (Wildman–Crippen MR) is 281 cm³/mol. The molecule has 0 radical (unpaired) electrons. The first-order chi connectivity index (χ1) is 35.5. The summed E-state index contributed by atoms with van der Waals surface area (Å²) in [4.78, 5) is 2.09. The van der Waals surface area contributed by atoms with Gasteiger partial charge in [-0.15, -0.1) is 0 Å². The summed E-state index contributed by atoms with van der Waals surface area (Å²) < 4.78 is 94.5. The summed E-state index contributed by atoms with van der Waals surface area (Å²) in [5.74, 6) is 0. The zero-order valence-corrected chi connectivity index (χ0v) is 38.5. The quantitative estimate of drug-likeness (QED) is 0.142. The van der Waals surface area contributed by atoms with Gasteiger partial charge in [-0.1, -0.05) is 164 Å². The van der Waals surface area contributed by atoms with E-state index in [4.69, 9.17) is 0 Å². The van der Waals surface area contributed by atoms with Gasteiger partial charge in [0.1, 0.15) is 6.07 Å². The van der Waals surface area contributed by atoms with Crippen LogP contribution in [0, 0.1) is 11.3 Å². The van der Waals surface area contributed by atoms with Crippen LogP contribution in [0.1, 0.15) is 16.7 Å². The topological polar surface area (TPSA) is 36.9 Å². The first-order valence-corrected chi connectivity index (χ1v) is 23.5. The molecule has 0 aliphatic carbocycles. The van der Waals surface area contributed by atoms with E-state index in [-0.39, 0.29) is 16.6 Å². The molecule has 2 aromatic heterocycles. The Kier molecular flexibility index (Phi) is 10.8. The van der Waals surface area contributed by atoms with Crippen LogP contribution in [-0.2, 0) is 12.4 Å². The van der Waals surface area contributed by atoms with Gasteiger partial charge in [0.25, 0.3) is 0 Å². The van der Waals surface area contributed by atoms with Gasteiger partial charge in [0.2, 0.25) is 0 Å². The number of hydrogen-bond donors (Lipinski definition) is 0. The molecule has 0 spiro atoms. The summed E-state index contributed by atoms with van der Waals surface area (Å²) >= 11 is 0. The minimum Gasteiger partial charge on any atom is -0.310 e. The van der Waals surface area contributed by atoms with E-state index < -0.39 is 23.5 Å². The second-order valence-electron chi connectivity index (χ2n) is 17.7. The Hall–Kier alpha value is -9.33. The maximum absolute atomic E-state index is 15.1. The number of nitriles is 1. The Balaban J connectivity index is 1.42. The standard InChI is InChI=1S/C63H38F6N4/c64-62(65,66)42-33-35-48-46-27-13-16-30-52(46)72(55(48)37-42)60-57(40-19-5-1-6-20-40)51(39-70)58(41-21-7-2-8-22-41)61(73-53-31-17-14-28-47(53)49-36-34-43(38-56(49)73)63(67,68)69)59(60)50-29-15-18-32-54(50)71(44-23-9-3-10-24-44)45-25-11-4-12-26-45/h1-38H. The molecule has 0 saturated carbocycles. The highest BCUT2D eigenvalue weighted by molar-refractivity contribution is 6.16. The van der Waals surface area contributed by atoms with Gasteiger partial charge in [-0.05, 0) is 77.9 Å². The van der Waals surface area contributed by atoms with Crippen LogP contribution in [0.25, 0.3) is 88.4 Å². The molecule has 0 amide bonds. The van der Waals surface area contributed by atoms with Crippen molar-refractivity contribution >= 4 is 60.7 Å². The molecule has 352 valence electrons. The molecule has 0 saturated heterocycles. The highest BCUT2D eigenvalue weighted by atomic mass is 19.4. The number of rotatable bonds is 8. The summed E-state index contributed by atoms with van der Waals surface area (Å²) in [7, 11) is 0. The molecule has 0 unspecified atom stereocenters. The molecular formula is C63H38F6N4. The number of aromatic nitrogens is 2. The zero-order valence-electron chi connectivity index (χ0n) is 38.5. The predicted octanol–water partition coefficient (Wildman–Crippen LogP) is 18.3. The molecule has 0 aliphatic rings. The van der Waals surface area contributed by atoms with Crippen molar-refractivity contribution in [3.8, 4) is 50.8 Å². The van der Waals surface area contributed by atoms with Crippen molar-refractivity contribution < 1.29 is 26.3 Å². The van der Waals surface area contributed by atoms with Crippen LogP contribution in [0.3, 0.4) is 0 Å². The van der Waals surface area contributed by atoms with Gasteiger partial charge in [0, 0.05) is 55.2 Å². The maximum atomic E-state index is 15.1. The first kappa shape index (κ1) is 44.8. The van der Waals surface area contributed by atoms with Gasteiger partial charge < -0.3 is 14.0 Å². The maximum Gasteiger partial charge on any atom is 0.416 e. The average Bonchev–Trinajstić information content (AvgIpc) is 3.94. The number of benzene rings is 10. The molecule has 12 rings (SSSR count). The third-order valence-corrected chi connectivity index (χ3v) is 13.6. The second kappa shape index (κ2) is 17.5. The van der Waals surface area contributed by atoms with E-state index in [0.717, 1.165) is 35.6 Å². The smallest absolute Gasteiger partial charge is 0.310 e. The molecule has 10 heteroatoms. The van der Waals surface area contributed by atoms with Crippen molar-refractivity contribution in [3.63, 3.8) is 0 Å². The van der Waals surface area contributed by atoms with Crippen LogP contribution >= 0.6 is 0 Å². The summed E-state index contributed by atoms with van der Waals surface area (Å²) in [5.41, 5.74) is 5.74. The Morgan fingerprint density at radius 3 is 1.16 bits per heavy atom. The lowest BCUT2D eigenvalue weighted by Gasteiger charge is -2.32. The van der Waals surface area contributed by atoms with E-state index in [2.05, 4.69) is 11.0 Å². The number of nitrogens with zero attached hydrogens (tertiary/aromatic N) is 4. The summed E-state index contributed by atoms with van der Waals surface area (Å²) in [5, 5.41) is 14.4. The molecule has 10 aromatic carbocycles. The second-order valence-corrected chi connectivity index (χ2v) is 17.7. The van der Waals surface area contributed by atoms with Crippen molar-refractivity contribution in [2.24, 2.45) is 0 Å². The van der Waals surface area contributed by atoms with Crippen molar-refractivity contribution in [2.75, 3.05) is 4.90 Å². The van der Waals surface area contributed by atoms with Crippen molar-refractivity contribution in [1.29, 1.82) is 5.26 Å². The van der Waals surface area contributed by atoms with Gasteiger partial charge in [-0.25, -0.2) is 0 Å². The van der Waals surface area contributed by atoms with Crippen LogP contribution in [0.5, 0.6) is 0 Å². The molecule has 0 fully saturated rings. The average molecular weight is 965 g/mol. The minimum atomic E-state index is -4.74. The van der Waals surface area contributed by atoms with E-state index in [0.29, 0.717) is 83.0 Å². The number of halogens is 6. The monoisotopic (exact) mass is 964 g/mol. The molecule has 4 nitrogen and oxygen atoms in total. The molecule has 2 heterocycles. The number of alkyl halides is 6. The largest absolute Gasteiger partial charge is 0.416 e. The van der Waals surface area contributed by atoms with Crippen LogP contribution in [-0.4, -0.2) is 9.13 Å². The molecule has 0 N–H and O–H groups in total. The van der Waals surface area contributed by atoms with Gasteiger partial charge in [0.15, 0.2) is 0 Å². The third-order valence-electron chi connectivity index (χ3n) is 13.6. The lowest BCUT2D eigenvalue weighted by molar-refractivity contribution is -0.138. The molecule has 0 atom stereocenters. The Labute approximate surface area is 415 Å². The summed E-state index contributed by atoms with van der Waals surface area (Å²) in [6.45, 7) is 0. The number of anilines is 3. The van der Waals surface area contributed by atoms with Gasteiger partial charge in [-0.2, -0.15) is 31.6 Å².